The number of carbonyl (C=O) groups excluding carboxylic acids is 2. The Morgan fingerprint density at radius 1 is 1.16 bits per heavy atom. The van der Waals surface area contributed by atoms with Crippen LogP contribution in [0.15, 0.2) is 17.6 Å². The molecule has 0 aromatic carbocycles. The van der Waals surface area contributed by atoms with Crippen LogP contribution in [0.4, 0.5) is 15.3 Å². The lowest BCUT2D eigenvalue weighted by Gasteiger charge is -2.27. The van der Waals surface area contributed by atoms with Crippen LogP contribution in [-0.4, -0.2) is 51.1 Å². The van der Waals surface area contributed by atoms with Crippen LogP contribution in [0.1, 0.15) is 57.8 Å². The molecular weight excluding hydrogens is 571 g/mol. The number of amides is 2. The molecule has 0 aliphatic rings. The number of ether oxygens (including phenoxy) is 2. The van der Waals surface area contributed by atoms with Crippen molar-refractivity contribution in [2.45, 2.75) is 78.2 Å². The van der Waals surface area contributed by atoms with E-state index in [1.165, 1.54) is 27.6 Å². The van der Waals surface area contributed by atoms with E-state index in [1.54, 1.807) is 53.8 Å². The van der Waals surface area contributed by atoms with Gasteiger partial charge in [-0.15, -0.1) is 22.7 Å². The lowest BCUT2D eigenvalue weighted by atomic mass is 10.1. The fourth-order valence-electron chi connectivity index (χ4n) is 3.48. The Labute approximate surface area is 240 Å². The SMILES string of the molecule is CC(C)(C)OC(=O)N[C@@H](CCO)Cc1sc2c(N(Cc3nccs3)C(=O)OC(C)(C)C)cc(Cl)nc2c1Cl. The van der Waals surface area contributed by atoms with Gasteiger partial charge in [-0.2, -0.15) is 0 Å². The van der Waals surface area contributed by atoms with Gasteiger partial charge in [0, 0.05) is 41.6 Å². The fourth-order valence-corrected chi connectivity index (χ4v) is 5.89. The number of anilines is 1. The number of pyridine rings is 1. The summed E-state index contributed by atoms with van der Waals surface area (Å²) >= 11 is 15.9. The molecule has 1 atom stereocenters. The molecule has 0 aliphatic carbocycles. The highest BCUT2D eigenvalue weighted by molar-refractivity contribution is 7.20. The minimum absolute atomic E-state index is 0.140. The zero-order valence-corrected chi connectivity index (χ0v) is 25.3. The maximum absolute atomic E-state index is 13.3. The van der Waals surface area contributed by atoms with Crippen LogP contribution in [0.25, 0.3) is 10.2 Å². The van der Waals surface area contributed by atoms with Crippen molar-refractivity contribution in [1.82, 2.24) is 15.3 Å². The van der Waals surface area contributed by atoms with E-state index in [1.807, 2.05) is 5.38 Å². The van der Waals surface area contributed by atoms with Crippen molar-refractivity contribution in [2.24, 2.45) is 0 Å². The first-order valence-electron chi connectivity index (χ1n) is 11.9. The number of hydrogen-bond donors (Lipinski definition) is 2. The Bertz CT molecular complexity index is 1270. The first kappa shape index (κ1) is 30.4. The van der Waals surface area contributed by atoms with Crippen LogP contribution in [0.2, 0.25) is 10.2 Å². The molecule has 0 fully saturated rings. The summed E-state index contributed by atoms with van der Waals surface area (Å²) in [6.07, 6.45) is 1.12. The topological polar surface area (TPSA) is 114 Å². The number of fused-ring (bicyclic) bond motifs is 1. The van der Waals surface area contributed by atoms with E-state index in [4.69, 9.17) is 32.7 Å². The minimum atomic E-state index is -0.725. The van der Waals surface area contributed by atoms with Gasteiger partial charge in [-0.1, -0.05) is 23.2 Å². The van der Waals surface area contributed by atoms with Gasteiger partial charge in [0.2, 0.25) is 0 Å². The van der Waals surface area contributed by atoms with E-state index in [0.717, 1.165) is 0 Å². The van der Waals surface area contributed by atoms with Crippen molar-refractivity contribution < 1.29 is 24.2 Å². The highest BCUT2D eigenvalue weighted by Crippen LogP contribution is 2.42. The van der Waals surface area contributed by atoms with E-state index in [0.29, 0.717) is 43.7 Å². The number of thiophene rings is 1. The summed E-state index contributed by atoms with van der Waals surface area (Å²) in [5, 5.41) is 15.5. The van der Waals surface area contributed by atoms with Crippen LogP contribution in [0, 0.1) is 0 Å². The van der Waals surface area contributed by atoms with Crippen molar-refractivity contribution in [3.05, 3.63) is 37.7 Å². The van der Waals surface area contributed by atoms with Crippen LogP contribution in [-0.2, 0) is 22.4 Å². The average Bonchev–Trinajstić information content (AvgIpc) is 3.38. The zero-order chi connectivity index (χ0) is 28.3. The number of aliphatic hydroxyl groups is 1. The van der Waals surface area contributed by atoms with Crippen molar-refractivity contribution in [3.63, 3.8) is 0 Å². The molecular formula is C25H32Cl2N4O5S2. The molecule has 2 N–H and O–H groups in total. The monoisotopic (exact) mass is 602 g/mol. The number of rotatable bonds is 8. The number of halogens is 2. The second-order valence-corrected chi connectivity index (χ2v) is 13.4. The van der Waals surface area contributed by atoms with Crippen LogP contribution >= 0.6 is 45.9 Å². The molecule has 13 heteroatoms. The van der Waals surface area contributed by atoms with E-state index in [2.05, 4.69) is 15.3 Å². The molecule has 208 valence electrons. The summed E-state index contributed by atoms with van der Waals surface area (Å²) in [4.78, 5) is 36.6. The molecule has 0 radical (unpaired) electrons. The first-order chi connectivity index (χ1) is 17.7. The summed E-state index contributed by atoms with van der Waals surface area (Å²) < 4.78 is 11.7. The number of nitrogens with one attached hydrogen (secondary N) is 1. The third-order valence-electron chi connectivity index (χ3n) is 4.91. The number of aromatic nitrogens is 2. The highest BCUT2D eigenvalue weighted by atomic mass is 35.5. The number of aliphatic hydroxyl groups excluding tert-OH is 1. The van der Waals surface area contributed by atoms with Gasteiger partial charge in [0.05, 0.1) is 22.0 Å². The predicted octanol–water partition coefficient (Wildman–Crippen LogP) is 6.82. The van der Waals surface area contributed by atoms with Gasteiger partial charge in [-0.3, -0.25) is 4.90 Å². The van der Waals surface area contributed by atoms with Crippen molar-refractivity contribution in [1.29, 1.82) is 0 Å². The van der Waals surface area contributed by atoms with E-state index < -0.39 is 29.4 Å². The van der Waals surface area contributed by atoms with Crippen molar-refractivity contribution in [3.8, 4) is 0 Å². The molecule has 9 nitrogen and oxygen atoms in total. The number of alkyl carbamates (subject to hydrolysis) is 1. The Morgan fingerprint density at radius 3 is 2.42 bits per heavy atom. The Kier molecular flexibility index (Phi) is 9.86. The third-order valence-corrected chi connectivity index (χ3v) is 7.61. The van der Waals surface area contributed by atoms with E-state index in [-0.39, 0.29) is 18.3 Å². The smallest absolute Gasteiger partial charge is 0.415 e. The number of nitrogens with zero attached hydrogens (tertiary/aromatic N) is 3. The normalized spacial score (nSPS) is 12.9. The summed E-state index contributed by atoms with van der Waals surface area (Å²) in [5.74, 6) is 0. The van der Waals surface area contributed by atoms with Gasteiger partial charge in [-0.05, 0) is 48.0 Å². The number of thiazole rings is 1. The molecule has 3 aromatic rings. The molecule has 0 aliphatic heterocycles. The lowest BCUT2D eigenvalue weighted by molar-refractivity contribution is 0.0495. The summed E-state index contributed by atoms with van der Waals surface area (Å²) in [7, 11) is 0. The van der Waals surface area contributed by atoms with Gasteiger partial charge in [-0.25, -0.2) is 19.6 Å². The molecule has 38 heavy (non-hydrogen) atoms. The number of hydrogen-bond acceptors (Lipinski definition) is 9. The molecule has 3 aromatic heterocycles. The Hall–Kier alpha value is -2.18. The van der Waals surface area contributed by atoms with Crippen LogP contribution in [0.5, 0.6) is 0 Å². The average molecular weight is 604 g/mol. The Morgan fingerprint density at radius 2 is 1.84 bits per heavy atom. The summed E-state index contributed by atoms with van der Waals surface area (Å²) in [5.41, 5.74) is -0.471. The highest BCUT2D eigenvalue weighted by Gasteiger charge is 2.29. The molecule has 0 unspecified atom stereocenters. The van der Waals surface area contributed by atoms with Crippen molar-refractivity contribution >= 4 is 74.0 Å². The standard InChI is InChI=1S/C25H32Cl2N4O5S2/c1-24(2,3)35-22(33)29-14(7-9-32)11-16-19(27)20-21(38-16)15(12-17(26)30-20)31(13-18-28-8-10-37-18)23(34)36-25(4,5)6/h8,10,12,14,32H,7,9,11,13H2,1-6H3,(H,29,33)/t14-/m0/s1. The molecule has 3 rings (SSSR count). The zero-order valence-electron chi connectivity index (χ0n) is 22.1. The third kappa shape index (κ3) is 8.41. The van der Waals surface area contributed by atoms with Gasteiger partial charge >= 0.3 is 12.2 Å². The van der Waals surface area contributed by atoms with Gasteiger partial charge < -0.3 is 19.9 Å². The predicted molar refractivity (Wildman–Crippen MR) is 153 cm³/mol. The molecule has 2 amide bonds. The largest absolute Gasteiger partial charge is 0.444 e. The van der Waals surface area contributed by atoms with Gasteiger partial charge in [0.15, 0.2) is 0 Å². The Balaban J connectivity index is 2.01. The second-order valence-electron chi connectivity index (χ2n) is 10.5. The maximum Gasteiger partial charge on any atom is 0.415 e. The molecule has 0 spiro atoms. The maximum atomic E-state index is 13.3. The second kappa shape index (κ2) is 12.3. The minimum Gasteiger partial charge on any atom is -0.444 e. The summed E-state index contributed by atoms with van der Waals surface area (Å²) in [6.45, 7) is 10.7. The molecule has 0 bridgehead atoms. The quantitative estimate of drug-likeness (QED) is 0.272. The molecule has 3 heterocycles. The van der Waals surface area contributed by atoms with E-state index in [9.17, 15) is 14.7 Å². The van der Waals surface area contributed by atoms with Gasteiger partial charge in [0.25, 0.3) is 0 Å². The number of carbonyl (C=O) groups is 2. The first-order valence-corrected chi connectivity index (χ1v) is 14.4. The summed E-state index contributed by atoms with van der Waals surface area (Å²) in [6, 6.07) is 1.15. The van der Waals surface area contributed by atoms with Crippen LogP contribution < -0.4 is 10.2 Å². The van der Waals surface area contributed by atoms with E-state index >= 15 is 0 Å². The van der Waals surface area contributed by atoms with Crippen molar-refractivity contribution in [2.75, 3.05) is 11.5 Å². The lowest BCUT2D eigenvalue weighted by Crippen LogP contribution is -2.40. The fraction of sp³-hybridized carbons (Fsp3) is 0.520. The van der Waals surface area contributed by atoms with Crippen LogP contribution in [0.3, 0.4) is 0 Å². The molecule has 0 saturated heterocycles. The van der Waals surface area contributed by atoms with Gasteiger partial charge in [0.1, 0.15) is 26.9 Å². The molecule has 0 saturated carbocycles.